The lowest BCUT2D eigenvalue weighted by atomic mass is 10.0. The third kappa shape index (κ3) is 59.0. The highest BCUT2D eigenvalue weighted by molar-refractivity contribution is 7.47. The molecule has 0 saturated carbocycles. The van der Waals surface area contributed by atoms with Gasteiger partial charge in [0, 0.05) is 6.42 Å². The van der Waals surface area contributed by atoms with Crippen LogP contribution in [0.25, 0.3) is 0 Å². The van der Waals surface area contributed by atoms with E-state index in [0.717, 1.165) is 38.5 Å². The lowest BCUT2D eigenvalue weighted by Gasteiger charge is -2.26. The van der Waals surface area contributed by atoms with E-state index >= 15 is 0 Å². The molecule has 0 aromatic carbocycles. The zero-order chi connectivity index (χ0) is 53.5. The quantitative estimate of drug-likeness (QED) is 0.0318. The Balaban J connectivity index is 3.89. The van der Waals surface area contributed by atoms with Crippen LogP contribution in [0.15, 0.2) is 0 Å². The Bertz CT molecular complexity index is 1150. The number of nitrogens with one attached hydrogen (secondary N) is 1. The second-order valence-electron chi connectivity index (χ2n) is 24.2. The van der Waals surface area contributed by atoms with Crippen molar-refractivity contribution in [3.05, 3.63) is 0 Å². The third-order valence-corrected chi connectivity index (χ3v) is 16.6. The van der Waals surface area contributed by atoms with Gasteiger partial charge in [-0.25, -0.2) is 4.57 Å². The highest BCUT2D eigenvalue weighted by Crippen LogP contribution is 2.43. The molecule has 0 fully saturated rings. The Hall–Kier alpha value is -0.500. The average molecular weight is 1060 g/mol. The minimum atomic E-state index is -4.32. The number of hydrogen-bond donors (Lipinski definition) is 3. The summed E-state index contributed by atoms with van der Waals surface area (Å²) in [5.74, 6) is -0.135. The van der Waals surface area contributed by atoms with E-state index in [4.69, 9.17) is 9.05 Å². The first kappa shape index (κ1) is 72.5. The van der Waals surface area contributed by atoms with Crippen LogP contribution in [-0.4, -0.2) is 73.4 Å². The summed E-state index contributed by atoms with van der Waals surface area (Å²) in [6.45, 7) is 4.95. The first-order valence-electron chi connectivity index (χ1n) is 32.9. The van der Waals surface area contributed by atoms with Gasteiger partial charge in [0.1, 0.15) is 13.2 Å². The van der Waals surface area contributed by atoms with Crippen molar-refractivity contribution >= 4 is 13.7 Å². The molecule has 3 atom stereocenters. The van der Waals surface area contributed by atoms with Crippen LogP contribution in [0.5, 0.6) is 0 Å². The minimum absolute atomic E-state index is 0.0792. The summed E-state index contributed by atoms with van der Waals surface area (Å²) in [6.07, 6.45) is 69.2. The molecule has 0 aromatic rings. The number of phosphoric acid groups is 1. The number of hydrogen-bond acceptors (Lipinski definition) is 5. The van der Waals surface area contributed by atoms with Crippen molar-refractivity contribution in [2.75, 3.05) is 40.9 Å². The second-order valence-corrected chi connectivity index (χ2v) is 25.7. The number of phosphoric ester groups is 1. The fourth-order valence-electron chi connectivity index (χ4n) is 10.5. The van der Waals surface area contributed by atoms with Crippen LogP contribution >= 0.6 is 7.82 Å². The van der Waals surface area contributed by atoms with E-state index in [1.54, 1.807) is 0 Å². The molecular formula is C64H132N2O6P+. The topological polar surface area (TPSA) is 105 Å². The van der Waals surface area contributed by atoms with E-state index in [-0.39, 0.29) is 19.1 Å². The normalized spacial score (nSPS) is 13.7. The molecule has 0 saturated heterocycles. The molecule has 0 heterocycles. The van der Waals surface area contributed by atoms with Crippen LogP contribution in [-0.2, 0) is 18.4 Å². The van der Waals surface area contributed by atoms with E-state index in [2.05, 4.69) is 19.2 Å². The predicted molar refractivity (Wildman–Crippen MR) is 319 cm³/mol. The Kier molecular flexibility index (Phi) is 55.8. The van der Waals surface area contributed by atoms with Crippen molar-refractivity contribution in [3.63, 3.8) is 0 Å². The fourth-order valence-corrected chi connectivity index (χ4v) is 11.2. The van der Waals surface area contributed by atoms with Crippen molar-refractivity contribution in [3.8, 4) is 0 Å². The van der Waals surface area contributed by atoms with Gasteiger partial charge in [0.25, 0.3) is 0 Å². The summed E-state index contributed by atoms with van der Waals surface area (Å²) in [5.41, 5.74) is 0. The van der Waals surface area contributed by atoms with Gasteiger partial charge in [0.05, 0.1) is 39.9 Å². The molecule has 9 heteroatoms. The molecule has 0 aliphatic rings. The van der Waals surface area contributed by atoms with Crippen LogP contribution in [0.1, 0.15) is 354 Å². The van der Waals surface area contributed by atoms with Crippen molar-refractivity contribution in [1.82, 2.24) is 5.32 Å². The number of carbonyl (C=O) groups is 1. The number of carbonyl (C=O) groups excluding carboxylic acids is 1. The number of aliphatic hydroxyl groups excluding tert-OH is 1. The lowest BCUT2D eigenvalue weighted by molar-refractivity contribution is -0.870. The molecule has 438 valence electrons. The highest BCUT2D eigenvalue weighted by Gasteiger charge is 2.28. The smallest absolute Gasteiger partial charge is 0.391 e. The summed E-state index contributed by atoms with van der Waals surface area (Å²) in [5, 5.41) is 14.1. The van der Waals surface area contributed by atoms with Crippen LogP contribution in [0.3, 0.4) is 0 Å². The van der Waals surface area contributed by atoms with Gasteiger partial charge in [0.15, 0.2) is 0 Å². The molecule has 1 amide bonds. The van der Waals surface area contributed by atoms with E-state index in [9.17, 15) is 19.4 Å². The largest absolute Gasteiger partial charge is 0.472 e. The van der Waals surface area contributed by atoms with Gasteiger partial charge in [-0.2, -0.15) is 0 Å². The van der Waals surface area contributed by atoms with Crippen molar-refractivity contribution in [2.24, 2.45) is 0 Å². The van der Waals surface area contributed by atoms with Gasteiger partial charge in [-0.15, -0.1) is 0 Å². The first-order chi connectivity index (χ1) is 35.5. The monoisotopic (exact) mass is 1060 g/mol. The van der Waals surface area contributed by atoms with Crippen molar-refractivity contribution < 1.29 is 32.9 Å². The second kappa shape index (κ2) is 56.2. The first-order valence-corrected chi connectivity index (χ1v) is 34.4. The molecular weight excluding hydrogens is 924 g/mol. The Morgan fingerprint density at radius 3 is 0.918 bits per heavy atom. The Morgan fingerprint density at radius 1 is 0.411 bits per heavy atom. The van der Waals surface area contributed by atoms with Gasteiger partial charge in [-0.3, -0.25) is 13.8 Å². The number of nitrogens with zero attached hydrogens (tertiary/aromatic N) is 1. The molecule has 0 spiro atoms. The van der Waals surface area contributed by atoms with Crippen LogP contribution in [0, 0.1) is 0 Å². The fraction of sp³-hybridized carbons (Fsp3) is 0.984. The van der Waals surface area contributed by atoms with Crippen LogP contribution < -0.4 is 5.32 Å². The maximum atomic E-state index is 13.0. The van der Waals surface area contributed by atoms with E-state index in [1.807, 2.05) is 21.1 Å². The Morgan fingerprint density at radius 2 is 0.658 bits per heavy atom. The number of unbranched alkanes of at least 4 members (excludes halogenated alkanes) is 49. The summed E-state index contributed by atoms with van der Waals surface area (Å²) in [7, 11) is 1.64. The predicted octanol–water partition coefficient (Wildman–Crippen LogP) is 20.4. The van der Waals surface area contributed by atoms with Gasteiger partial charge >= 0.3 is 7.82 Å². The zero-order valence-corrected chi connectivity index (χ0v) is 51.1. The molecule has 73 heavy (non-hydrogen) atoms. The highest BCUT2D eigenvalue weighted by atomic mass is 31.2. The number of rotatable bonds is 62. The molecule has 0 aliphatic heterocycles. The van der Waals surface area contributed by atoms with Gasteiger partial charge in [-0.1, -0.05) is 335 Å². The number of likely N-dealkylation sites (N-methyl/N-ethyl adjacent to an activating group) is 1. The summed E-state index contributed by atoms with van der Waals surface area (Å²) < 4.78 is 23.8. The van der Waals surface area contributed by atoms with Gasteiger partial charge in [0.2, 0.25) is 5.91 Å². The third-order valence-electron chi connectivity index (χ3n) is 15.6. The zero-order valence-electron chi connectivity index (χ0n) is 50.2. The molecule has 0 bridgehead atoms. The summed E-state index contributed by atoms with van der Waals surface area (Å²) in [6, 6.07) is -0.755. The molecule has 0 aromatic heterocycles. The molecule has 3 N–H and O–H groups in total. The number of quaternary nitrogens is 1. The van der Waals surface area contributed by atoms with Crippen LogP contribution in [0.2, 0.25) is 0 Å². The summed E-state index contributed by atoms with van der Waals surface area (Å²) in [4.78, 5) is 23.4. The maximum absolute atomic E-state index is 13.0. The Labute approximate surface area is 457 Å². The van der Waals surface area contributed by atoms with Gasteiger partial charge < -0.3 is 19.8 Å². The van der Waals surface area contributed by atoms with E-state index < -0.39 is 20.0 Å². The lowest BCUT2D eigenvalue weighted by Crippen LogP contribution is -2.46. The molecule has 0 radical (unpaired) electrons. The van der Waals surface area contributed by atoms with E-state index in [0.29, 0.717) is 23.9 Å². The number of amides is 1. The van der Waals surface area contributed by atoms with Crippen LogP contribution in [0.4, 0.5) is 0 Å². The van der Waals surface area contributed by atoms with Crippen molar-refractivity contribution in [1.29, 1.82) is 0 Å². The maximum Gasteiger partial charge on any atom is 0.472 e. The molecule has 0 aliphatic carbocycles. The molecule has 8 nitrogen and oxygen atoms in total. The van der Waals surface area contributed by atoms with Gasteiger partial charge in [-0.05, 0) is 12.8 Å². The molecule has 0 rings (SSSR count). The number of aliphatic hydroxyl groups is 1. The standard InChI is InChI=1S/C64H131N2O6P/c1-6-8-10-12-14-16-18-20-22-24-25-26-27-28-29-30-31-32-33-34-35-36-37-38-39-40-41-42-44-46-48-50-52-54-56-58-64(68)65-62(61-72-73(69,70)71-60-59-66(3,4)5)63(67)57-55-53-51-49-47-45-43-23-21-19-17-15-13-11-9-7-2/h62-63,67H,6-61H2,1-5H3,(H-,65,68,69,70)/p+1. The minimum Gasteiger partial charge on any atom is -0.391 e. The van der Waals surface area contributed by atoms with E-state index in [1.165, 1.54) is 289 Å². The van der Waals surface area contributed by atoms with Crippen molar-refractivity contribution in [2.45, 2.75) is 366 Å². The average Bonchev–Trinajstić information content (AvgIpc) is 3.35. The SMILES string of the molecule is CCCCCCCCCCCCCCCCCCCCCCCCCCCCCCCCCCCCCC(=O)NC(COP(=O)(O)OCC[N+](C)(C)C)C(O)CCCCCCCCCCCCCCCCCC. The summed E-state index contributed by atoms with van der Waals surface area (Å²) >= 11 is 0. The molecule has 3 unspecified atom stereocenters.